The van der Waals surface area contributed by atoms with Gasteiger partial charge in [-0.1, -0.05) is 17.3 Å². The van der Waals surface area contributed by atoms with Crippen LogP contribution in [-0.4, -0.2) is 28.1 Å². The Morgan fingerprint density at radius 1 is 1.33 bits per heavy atom. The monoisotopic (exact) mass is 287 g/mol. The second-order valence-corrected chi connectivity index (χ2v) is 5.93. The van der Waals surface area contributed by atoms with Gasteiger partial charge in [-0.2, -0.15) is 0 Å². The van der Waals surface area contributed by atoms with E-state index in [0.717, 1.165) is 11.4 Å². The molecule has 2 rings (SSSR count). The molecule has 0 aliphatic carbocycles. The minimum Gasteiger partial charge on any atom is -0.469 e. The summed E-state index contributed by atoms with van der Waals surface area (Å²) in [6, 6.07) is 6.07. The molecule has 0 bridgehead atoms. The van der Waals surface area contributed by atoms with Gasteiger partial charge in [0.1, 0.15) is 0 Å². The molecule has 0 amide bonds. The van der Waals surface area contributed by atoms with Crippen LogP contribution in [0.15, 0.2) is 24.4 Å². The van der Waals surface area contributed by atoms with Gasteiger partial charge in [-0.3, -0.25) is 4.79 Å². The van der Waals surface area contributed by atoms with E-state index < -0.39 is 5.41 Å². The zero-order valence-electron chi connectivity index (χ0n) is 13.2. The van der Waals surface area contributed by atoms with Gasteiger partial charge in [0.25, 0.3) is 0 Å². The zero-order chi connectivity index (χ0) is 15.6. The van der Waals surface area contributed by atoms with Gasteiger partial charge in [0, 0.05) is 6.42 Å². The van der Waals surface area contributed by atoms with E-state index in [1.54, 1.807) is 4.68 Å². The van der Waals surface area contributed by atoms with Crippen LogP contribution in [0, 0.1) is 19.3 Å². The maximum absolute atomic E-state index is 11.7. The molecule has 0 saturated carbocycles. The standard InChI is InChI=1S/C16H21N3O2/c1-11-7-6-8-14(12(11)2)19-10-13(17-18-19)9-16(3,4)15(20)21-5/h6-8,10H,9H2,1-5H3. The summed E-state index contributed by atoms with van der Waals surface area (Å²) in [7, 11) is 1.40. The molecule has 0 aliphatic heterocycles. The highest BCUT2D eigenvalue weighted by Crippen LogP contribution is 2.23. The van der Waals surface area contributed by atoms with Gasteiger partial charge in [0.2, 0.25) is 0 Å². The number of esters is 1. The van der Waals surface area contributed by atoms with Crippen molar-refractivity contribution < 1.29 is 9.53 Å². The summed E-state index contributed by atoms with van der Waals surface area (Å²) in [5.41, 5.74) is 3.54. The summed E-state index contributed by atoms with van der Waals surface area (Å²) < 4.78 is 6.57. The number of ether oxygens (including phenoxy) is 1. The molecule has 1 heterocycles. The maximum Gasteiger partial charge on any atom is 0.311 e. The fourth-order valence-corrected chi connectivity index (χ4v) is 2.28. The Balaban J connectivity index is 2.27. The summed E-state index contributed by atoms with van der Waals surface area (Å²) in [5, 5.41) is 8.34. The van der Waals surface area contributed by atoms with Crippen molar-refractivity contribution in [3.8, 4) is 5.69 Å². The molecule has 0 fully saturated rings. The third-order valence-corrected chi connectivity index (χ3v) is 3.72. The van der Waals surface area contributed by atoms with Gasteiger partial charge in [0.15, 0.2) is 0 Å². The minimum atomic E-state index is -0.614. The number of aryl methyl sites for hydroxylation is 1. The lowest BCUT2D eigenvalue weighted by atomic mass is 9.88. The van der Waals surface area contributed by atoms with Crippen LogP contribution in [0.25, 0.3) is 5.69 Å². The van der Waals surface area contributed by atoms with Crippen LogP contribution in [0.5, 0.6) is 0 Å². The number of benzene rings is 1. The quantitative estimate of drug-likeness (QED) is 0.811. The molecule has 5 nitrogen and oxygen atoms in total. The largest absolute Gasteiger partial charge is 0.469 e. The molecular weight excluding hydrogens is 266 g/mol. The van der Waals surface area contributed by atoms with E-state index in [2.05, 4.69) is 30.2 Å². The molecule has 0 N–H and O–H groups in total. The number of rotatable bonds is 4. The Hall–Kier alpha value is -2.17. The molecule has 0 atom stereocenters. The third kappa shape index (κ3) is 3.12. The number of nitrogens with zero attached hydrogens (tertiary/aromatic N) is 3. The normalized spacial score (nSPS) is 11.5. The summed E-state index contributed by atoms with van der Waals surface area (Å²) in [6.45, 7) is 7.81. The van der Waals surface area contributed by atoms with Crippen LogP contribution < -0.4 is 0 Å². The molecule has 0 spiro atoms. The average Bonchev–Trinajstić information content (AvgIpc) is 2.88. The molecule has 0 radical (unpaired) electrons. The van der Waals surface area contributed by atoms with Crippen molar-refractivity contribution in [1.29, 1.82) is 0 Å². The lowest BCUT2D eigenvalue weighted by molar-refractivity contribution is -0.150. The fraction of sp³-hybridized carbons (Fsp3) is 0.438. The van der Waals surface area contributed by atoms with Gasteiger partial charge < -0.3 is 4.74 Å². The Morgan fingerprint density at radius 2 is 2.05 bits per heavy atom. The first-order valence-corrected chi connectivity index (χ1v) is 6.91. The summed E-state index contributed by atoms with van der Waals surface area (Å²) in [5.74, 6) is -0.246. The molecule has 5 heteroatoms. The number of methoxy groups -OCH3 is 1. The Morgan fingerprint density at radius 3 is 2.71 bits per heavy atom. The predicted octanol–water partition coefficient (Wildman–Crippen LogP) is 2.63. The minimum absolute atomic E-state index is 0.246. The van der Waals surface area contributed by atoms with Gasteiger partial charge in [0.05, 0.1) is 30.1 Å². The Kier molecular flexibility index (Phi) is 4.11. The van der Waals surface area contributed by atoms with Crippen molar-refractivity contribution in [2.45, 2.75) is 34.1 Å². The molecule has 2 aromatic rings. The Labute approximate surface area is 124 Å². The van der Waals surface area contributed by atoms with E-state index in [9.17, 15) is 4.79 Å². The van der Waals surface area contributed by atoms with E-state index in [1.807, 2.05) is 32.2 Å². The van der Waals surface area contributed by atoms with Gasteiger partial charge >= 0.3 is 5.97 Å². The SMILES string of the molecule is COC(=O)C(C)(C)Cc1cn(-c2cccc(C)c2C)nn1. The summed E-state index contributed by atoms with van der Waals surface area (Å²) >= 11 is 0. The van der Waals surface area contributed by atoms with Crippen molar-refractivity contribution in [3.05, 3.63) is 41.2 Å². The smallest absolute Gasteiger partial charge is 0.311 e. The maximum atomic E-state index is 11.7. The van der Waals surface area contributed by atoms with Crippen LogP contribution in [0.4, 0.5) is 0 Å². The van der Waals surface area contributed by atoms with Crippen molar-refractivity contribution >= 4 is 5.97 Å². The number of aromatic nitrogens is 3. The van der Waals surface area contributed by atoms with E-state index in [0.29, 0.717) is 6.42 Å². The fourth-order valence-electron chi connectivity index (χ4n) is 2.28. The lowest BCUT2D eigenvalue weighted by Crippen LogP contribution is -2.28. The lowest BCUT2D eigenvalue weighted by Gasteiger charge is -2.19. The first-order chi connectivity index (χ1) is 9.85. The Bertz CT molecular complexity index is 659. The molecule has 1 aromatic carbocycles. The summed E-state index contributed by atoms with van der Waals surface area (Å²) in [6.07, 6.45) is 2.36. The molecule has 112 valence electrons. The number of carbonyl (C=O) groups is 1. The highest BCUT2D eigenvalue weighted by atomic mass is 16.5. The van der Waals surface area contributed by atoms with Crippen molar-refractivity contribution in [3.63, 3.8) is 0 Å². The second-order valence-electron chi connectivity index (χ2n) is 5.93. The topological polar surface area (TPSA) is 57.0 Å². The van der Waals surface area contributed by atoms with Crippen LogP contribution in [0.1, 0.15) is 30.7 Å². The van der Waals surface area contributed by atoms with E-state index in [4.69, 9.17) is 4.74 Å². The van der Waals surface area contributed by atoms with Crippen molar-refractivity contribution in [2.75, 3.05) is 7.11 Å². The number of carbonyl (C=O) groups excluding carboxylic acids is 1. The van der Waals surface area contributed by atoms with Crippen LogP contribution in [0.2, 0.25) is 0 Å². The summed E-state index contributed by atoms with van der Waals surface area (Å²) in [4.78, 5) is 11.7. The van der Waals surface area contributed by atoms with Crippen LogP contribution >= 0.6 is 0 Å². The molecular formula is C16H21N3O2. The third-order valence-electron chi connectivity index (χ3n) is 3.72. The number of hydrogen-bond donors (Lipinski definition) is 0. The molecule has 0 unspecified atom stereocenters. The van der Waals surface area contributed by atoms with E-state index >= 15 is 0 Å². The first-order valence-electron chi connectivity index (χ1n) is 6.91. The highest BCUT2D eigenvalue weighted by molar-refractivity contribution is 5.76. The van der Waals surface area contributed by atoms with Gasteiger partial charge in [-0.05, 0) is 44.9 Å². The van der Waals surface area contributed by atoms with Gasteiger partial charge in [-0.25, -0.2) is 4.68 Å². The van der Waals surface area contributed by atoms with Gasteiger partial charge in [-0.15, -0.1) is 5.10 Å². The second kappa shape index (κ2) is 5.68. The van der Waals surface area contributed by atoms with Crippen LogP contribution in [-0.2, 0) is 16.0 Å². The van der Waals surface area contributed by atoms with E-state index in [1.165, 1.54) is 18.2 Å². The molecule has 0 saturated heterocycles. The number of hydrogen-bond acceptors (Lipinski definition) is 4. The molecule has 21 heavy (non-hydrogen) atoms. The van der Waals surface area contributed by atoms with Crippen LogP contribution in [0.3, 0.4) is 0 Å². The van der Waals surface area contributed by atoms with E-state index in [-0.39, 0.29) is 5.97 Å². The average molecular weight is 287 g/mol. The van der Waals surface area contributed by atoms with Crippen molar-refractivity contribution in [2.24, 2.45) is 5.41 Å². The molecule has 1 aromatic heterocycles. The highest BCUT2D eigenvalue weighted by Gasteiger charge is 2.30. The van der Waals surface area contributed by atoms with Crippen molar-refractivity contribution in [1.82, 2.24) is 15.0 Å². The predicted molar refractivity (Wildman–Crippen MR) is 80.3 cm³/mol. The zero-order valence-corrected chi connectivity index (χ0v) is 13.2. The molecule has 0 aliphatic rings. The first kappa shape index (κ1) is 15.2.